The lowest BCUT2D eigenvalue weighted by Crippen LogP contribution is -2.65. The first-order chi connectivity index (χ1) is 23.3. The van der Waals surface area contributed by atoms with Gasteiger partial charge in [-0.25, -0.2) is 0 Å². The second kappa shape index (κ2) is 18.3. The molecule has 3 aliphatic rings. The third kappa shape index (κ3) is 10.7. The van der Waals surface area contributed by atoms with Gasteiger partial charge in [0.05, 0.1) is 42.5 Å². The zero-order valence-electron chi connectivity index (χ0n) is 32.0. The number of esters is 1. The van der Waals surface area contributed by atoms with E-state index in [2.05, 4.69) is 0 Å². The predicted molar refractivity (Wildman–Crippen MR) is 188 cm³/mol. The Kier molecular flexibility index (Phi) is 15.7. The molecule has 12 heteroatoms. The maximum atomic E-state index is 13.3. The number of hydrogen-bond acceptors (Lipinski definition) is 12. The van der Waals surface area contributed by atoms with Crippen LogP contribution in [0.3, 0.4) is 0 Å². The summed E-state index contributed by atoms with van der Waals surface area (Å²) in [6.45, 7) is 16.5. The van der Waals surface area contributed by atoms with Crippen LogP contribution >= 0.6 is 0 Å². The normalized spacial score (nSPS) is 46.2. The van der Waals surface area contributed by atoms with E-state index in [1.54, 1.807) is 19.1 Å². The van der Waals surface area contributed by atoms with Gasteiger partial charge in [-0.3, -0.25) is 9.59 Å². The van der Waals surface area contributed by atoms with Crippen LogP contribution in [0, 0.1) is 23.7 Å². The molecule has 0 aromatic carbocycles. The Labute approximate surface area is 299 Å². The number of likely N-dealkylation sites (N-methyl/N-ethyl adjacent to an activating group) is 1. The summed E-state index contributed by atoms with van der Waals surface area (Å²) in [6, 6.07) is -0.629. The number of carbonyl (C=O) groups excluding carboxylic acids is 2. The first-order valence-electron chi connectivity index (χ1n) is 18.5. The monoisotopic (exact) mass is 711 g/mol. The minimum absolute atomic E-state index is 0.0237. The maximum Gasteiger partial charge on any atom is 0.308 e. The molecule has 0 aliphatic carbocycles. The molecule has 16 atom stereocenters. The summed E-state index contributed by atoms with van der Waals surface area (Å²) in [5.74, 6) is -1.81. The van der Waals surface area contributed by atoms with Crippen molar-refractivity contribution >= 4 is 11.8 Å². The third-order valence-corrected chi connectivity index (χ3v) is 10.9. The van der Waals surface area contributed by atoms with Crippen LogP contribution in [0.1, 0.15) is 94.4 Å². The van der Waals surface area contributed by atoms with Crippen LogP contribution in [0.2, 0.25) is 0 Å². The molecule has 4 N–H and O–H groups in total. The smallest absolute Gasteiger partial charge is 0.308 e. The van der Waals surface area contributed by atoms with E-state index in [9.17, 15) is 30.0 Å². The van der Waals surface area contributed by atoms with Crippen molar-refractivity contribution in [2.45, 2.75) is 167 Å². The van der Waals surface area contributed by atoms with E-state index in [0.29, 0.717) is 19.3 Å². The van der Waals surface area contributed by atoms with Crippen LogP contribution in [0.15, 0.2) is 23.8 Å². The molecule has 0 amide bonds. The highest BCUT2D eigenvalue weighted by atomic mass is 16.7. The van der Waals surface area contributed by atoms with Crippen LogP contribution in [0.5, 0.6) is 0 Å². The van der Waals surface area contributed by atoms with E-state index < -0.39 is 84.9 Å². The van der Waals surface area contributed by atoms with Crippen molar-refractivity contribution < 1.29 is 53.7 Å². The molecule has 0 aromatic heterocycles. The topological polar surface area (TPSA) is 164 Å². The van der Waals surface area contributed by atoms with E-state index in [1.165, 1.54) is 6.92 Å². The van der Waals surface area contributed by atoms with Crippen LogP contribution in [0.4, 0.5) is 0 Å². The van der Waals surface area contributed by atoms with Gasteiger partial charge in [0.2, 0.25) is 0 Å². The average molecular weight is 712 g/mol. The number of cyclic esters (lactones) is 1. The van der Waals surface area contributed by atoms with Gasteiger partial charge < -0.3 is 49.0 Å². The van der Waals surface area contributed by atoms with Crippen molar-refractivity contribution in [2.24, 2.45) is 23.7 Å². The number of aliphatic hydroxyl groups is 4. The van der Waals surface area contributed by atoms with Crippen molar-refractivity contribution in [3.05, 3.63) is 23.8 Å². The maximum absolute atomic E-state index is 13.3. The first kappa shape index (κ1) is 42.7. The average Bonchev–Trinajstić information content (AvgIpc) is 3.03. The van der Waals surface area contributed by atoms with E-state index in [4.69, 9.17) is 23.7 Å². The Morgan fingerprint density at radius 1 is 0.940 bits per heavy atom. The molecule has 1 unspecified atom stereocenters. The van der Waals surface area contributed by atoms with E-state index in [-0.39, 0.29) is 36.4 Å². The molecule has 0 saturated carbocycles. The zero-order chi connectivity index (χ0) is 37.7. The first-order valence-corrected chi connectivity index (χ1v) is 18.5. The Balaban J connectivity index is 1.92. The fourth-order valence-corrected chi connectivity index (χ4v) is 7.72. The molecule has 0 radical (unpaired) electrons. The number of ether oxygens (including phenoxy) is 5. The number of nitrogens with zero attached hydrogens (tertiary/aromatic N) is 1. The van der Waals surface area contributed by atoms with Gasteiger partial charge in [0.25, 0.3) is 0 Å². The minimum atomic E-state index is -1.43. The lowest BCUT2D eigenvalue weighted by Gasteiger charge is -2.50. The van der Waals surface area contributed by atoms with Crippen LogP contribution < -0.4 is 0 Å². The standard InChI is InChI=1S/C38H65NO11/c1-12-26-17-21(4)27(40)15-14-20(3)16-22(5)29(13-2)48-30(42)18-28(41)23(6)34(26)50-37-33(43)32(39(10)11)35(24(7)47-37)49-31-19-38(9,45)36(44)25(8)46-31/h14-16,21-26,28-29,31-37,41,43-45H,12-13,17-19H2,1-11H3/b15-14+,20-16+/t21-,22+,23+,24-,25+,26?,28-,29-,31+,32-,33-,34-,35-,36+,37+,38-/m1/s1. The van der Waals surface area contributed by atoms with Gasteiger partial charge in [-0.1, -0.05) is 58.8 Å². The molecule has 288 valence electrons. The Hall–Kier alpha value is -1.74. The molecule has 50 heavy (non-hydrogen) atoms. The fourth-order valence-electron chi connectivity index (χ4n) is 7.72. The van der Waals surface area contributed by atoms with Gasteiger partial charge in [-0.15, -0.1) is 0 Å². The molecular weight excluding hydrogens is 646 g/mol. The summed E-state index contributed by atoms with van der Waals surface area (Å²) < 4.78 is 31.1. The van der Waals surface area contributed by atoms with Gasteiger partial charge in [0, 0.05) is 24.2 Å². The third-order valence-electron chi connectivity index (χ3n) is 10.9. The van der Waals surface area contributed by atoms with Gasteiger partial charge in [-0.05, 0) is 66.6 Å². The van der Waals surface area contributed by atoms with Gasteiger partial charge in [0.15, 0.2) is 18.4 Å². The second-order valence-electron chi connectivity index (χ2n) is 15.5. The quantitative estimate of drug-likeness (QED) is 0.285. The fraction of sp³-hybridized carbons (Fsp3) is 0.842. The number of rotatable bonds is 7. The van der Waals surface area contributed by atoms with E-state index in [0.717, 1.165) is 5.57 Å². The summed E-state index contributed by atoms with van der Waals surface area (Å²) in [7, 11) is 3.62. The zero-order valence-corrected chi connectivity index (χ0v) is 32.0. The van der Waals surface area contributed by atoms with Crippen molar-refractivity contribution in [3.63, 3.8) is 0 Å². The summed E-state index contributed by atoms with van der Waals surface area (Å²) >= 11 is 0. The summed E-state index contributed by atoms with van der Waals surface area (Å²) in [5.41, 5.74) is -0.536. The molecule has 3 heterocycles. The van der Waals surface area contributed by atoms with Crippen molar-refractivity contribution in [3.8, 4) is 0 Å². The van der Waals surface area contributed by atoms with E-state index in [1.807, 2.05) is 73.5 Å². The number of ketones is 1. The number of carbonyl (C=O) groups is 2. The van der Waals surface area contributed by atoms with Crippen LogP contribution in [0.25, 0.3) is 0 Å². The highest BCUT2D eigenvalue weighted by molar-refractivity contribution is 5.91. The lowest BCUT2D eigenvalue weighted by atomic mass is 9.80. The Bertz CT molecular complexity index is 1170. The molecule has 12 nitrogen and oxygen atoms in total. The molecule has 3 rings (SSSR count). The Morgan fingerprint density at radius 2 is 1.60 bits per heavy atom. The number of allylic oxidation sites excluding steroid dienone is 3. The largest absolute Gasteiger partial charge is 0.462 e. The molecular formula is C38H65NO11. The van der Waals surface area contributed by atoms with Crippen molar-refractivity contribution in [2.75, 3.05) is 14.1 Å². The highest BCUT2D eigenvalue weighted by Crippen LogP contribution is 2.37. The molecule has 2 fully saturated rings. The minimum Gasteiger partial charge on any atom is -0.462 e. The highest BCUT2D eigenvalue weighted by Gasteiger charge is 2.51. The van der Waals surface area contributed by atoms with Gasteiger partial charge >= 0.3 is 5.97 Å². The van der Waals surface area contributed by atoms with Crippen LogP contribution in [-0.2, 0) is 33.3 Å². The second-order valence-corrected chi connectivity index (χ2v) is 15.5. The van der Waals surface area contributed by atoms with E-state index >= 15 is 0 Å². The molecule has 0 aromatic rings. The molecule has 2 saturated heterocycles. The number of hydrogen-bond donors (Lipinski definition) is 4. The molecule has 3 aliphatic heterocycles. The SMILES string of the molecule is CCC1C[C@@H](C)C(=O)/C=C/C(C)=C/[C@H](C)[C@@H](CC)OC(=O)C[C@@H](O)[C@H](C)[C@H]1O[C@@H]1O[C@H](C)[C@@H](O[C@H]2C[C@@](C)(O)[C@@H](O)[C@H](C)O2)[C@H](N(C)C)[C@H]1O. The lowest BCUT2D eigenvalue weighted by molar-refractivity contribution is -0.342. The van der Waals surface area contributed by atoms with Crippen molar-refractivity contribution in [1.82, 2.24) is 4.90 Å². The van der Waals surface area contributed by atoms with Gasteiger partial charge in [0.1, 0.15) is 24.4 Å². The molecule has 0 spiro atoms. The Morgan fingerprint density at radius 3 is 2.18 bits per heavy atom. The van der Waals surface area contributed by atoms with Crippen LogP contribution in [-0.4, -0.2) is 124 Å². The summed E-state index contributed by atoms with van der Waals surface area (Å²) in [5, 5.41) is 44.5. The molecule has 0 bridgehead atoms. The van der Waals surface area contributed by atoms with Gasteiger partial charge in [-0.2, -0.15) is 0 Å². The summed E-state index contributed by atoms with van der Waals surface area (Å²) in [6.07, 6.45) is -1.69. The van der Waals surface area contributed by atoms with Crippen molar-refractivity contribution in [1.29, 1.82) is 0 Å². The predicted octanol–water partition coefficient (Wildman–Crippen LogP) is 3.52. The number of aliphatic hydroxyl groups excluding tert-OH is 3. The summed E-state index contributed by atoms with van der Waals surface area (Å²) in [4.78, 5) is 28.3.